The second-order valence-corrected chi connectivity index (χ2v) is 9.26. The number of nitrogens with one attached hydrogen (secondary N) is 1. The third-order valence-electron chi connectivity index (χ3n) is 7.12. The van der Waals surface area contributed by atoms with E-state index in [1.807, 2.05) is 31.2 Å². The lowest BCUT2D eigenvalue weighted by atomic mass is 9.49. The van der Waals surface area contributed by atoms with Gasteiger partial charge in [-0.3, -0.25) is 4.79 Å². The van der Waals surface area contributed by atoms with Crippen LogP contribution in [0.5, 0.6) is 5.75 Å². The van der Waals surface area contributed by atoms with Crippen LogP contribution in [0.15, 0.2) is 24.3 Å². The minimum absolute atomic E-state index is 0.00243. The molecule has 0 radical (unpaired) electrons. The summed E-state index contributed by atoms with van der Waals surface area (Å²) < 4.78 is 11.0. The quantitative estimate of drug-likeness (QED) is 0.740. The Labute approximate surface area is 163 Å². The summed E-state index contributed by atoms with van der Waals surface area (Å²) in [5.74, 6) is 3.72. The van der Waals surface area contributed by atoms with E-state index < -0.39 is 6.10 Å². The molecule has 1 unspecified atom stereocenters. The SMILES string of the molecule is COc1cccc(COC(C)C(=O)NCCC23CC4CC(CC(C4)C2)C3)c1. The van der Waals surface area contributed by atoms with Gasteiger partial charge in [0.2, 0.25) is 5.91 Å². The summed E-state index contributed by atoms with van der Waals surface area (Å²) in [5, 5.41) is 3.13. The van der Waals surface area contributed by atoms with E-state index in [1.54, 1.807) is 7.11 Å². The molecule has 1 N–H and O–H groups in total. The van der Waals surface area contributed by atoms with Gasteiger partial charge in [0.1, 0.15) is 11.9 Å². The van der Waals surface area contributed by atoms with Crippen molar-refractivity contribution >= 4 is 5.91 Å². The van der Waals surface area contributed by atoms with Gasteiger partial charge in [-0.05, 0) is 92.7 Å². The minimum Gasteiger partial charge on any atom is -0.497 e. The number of amides is 1. The first-order chi connectivity index (χ1) is 13.0. The summed E-state index contributed by atoms with van der Waals surface area (Å²) >= 11 is 0. The molecule has 0 heterocycles. The summed E-state index contributed by atoms with van der Waals surface area (Å²) in [6, 6.07) is 7.77. The van der Waals surface area contributed by atoms with Crippen LogP contribution in [-0.2, 0) is 16.1 Å². The van der Waals surface area contributed by atoms with Gasteiger partial charge in [-0.25, -0.2) is 0 Å². The second kappa shape index (κ2) is 7.83. The molecule has 148 valence electrons. The van der Waals surface area contributed by atoms with Crippen molar-refractivity contribution in [1.82, 2.24) is 5.32 Å². The van der Waals surface area contributed by atoms with E-state index in [1.165, 1.54) is 38.5 Å². The highest BCUT2D eigenvalue weighted by Crippen LogP contribution is 2.61. The van der Waals surface area contributed by atoms with Gasteiger partial charge in [0.15, 0.2) is 0 Å². The van der Waals surface area contributed by atoms with Gasteiger partial charge < -0.3 is 14.8 Å². The molecule has 27 heavy (non-hydrogen) atoms. The molecule has 4 aliphatic rings. The molecule has 4 nitrogen and oxygen atoms in total. The van der Waals surface area contributed by atoms with Crippen molar-refractivity contribution in [2.45, 2.75) is 64.6 Å². The van der Waals surface area contributed by atoms with Crippen LogP contribution >= 0.6 is 0 Å². The van der Waals surface area contributed by atoms with E-state index >= 15 is 0 Å². The van der Waals surface area contributed by atoms with Crippen molar-refractivity contribution in [2.24, 2.45) is 23.2 Å². The first-order valence-corrected chi connectivity index (χ1v) is 10.6. The average molecular weight is 372 g/mol. The number of benzene rings is 1. The van der Waals surface area contributed by atoms with E-state index in [4.69, 9.17) is 9.47 Å². The van der Waals surface area contributed by atoms with Crippen molar-refractivity contribution < 1.29 is 14.3 Å². The monoisotopic (exact) mass is 371 g/mol. The van der Waals surface area contributed by atoms with Crippen molar-refractivity contribution in [3.8, 4) is 5.75 Å². The van der Waals surface area contributed by atoms with E-state index in [2.05, 4.69) is 5.32 Å². The molecule has 4 bridgehead atoms. The Hall–Kier alpha value is -1.55. The van der Waals surface area contributed by atoms with Crippen LogP contribution in [0.2, 0.25) is 0 Å². The lowest BCUT2D eigenvalue weighted by molar-refractivity contribution is -0.132. The summed E-state index contributed by atoms with van der Waals surface area (Å²) in [6.07, 6.45) is 9.32. The highest BCUT2D eigenvalue weighted by atomic mass is 16.5. The van der Waals surface area contributed by atoms with Crippen molar-refractivity contribution in [3.05, 3.63) is 29.8 Å². The maximum absolute atomic E-state index is 12.4. The highest BCUT2D eigenvalue weighted by molar-refractivity contribution is 5.80. The molecule has 4 heteroatoms. The number of hydrogen-bond acceptors (Lipinski definition) is 3. The van der Waals surface area contributed by atoms with Crippen molar-refractivity contribution in [1.29, 1.82) is 0 Å². The lowest BCUT2D eigenvalue weighted by Crippen LogP contribution is -2.47. The first kappa shape index (κ1) is 18.8. The maximum Gasteiger partial charge on any atom is 0.248 e. The van der Waals surface area contributed by atoms with Gasteiger partial charge in [0.05, 0.1) is 13.7 Å². The molecule has 1 atom stereocenters. The summed E-state index contributed by atoms with van der Waals surface area (Å²) in [6.45, 7) is 3.04. The molecular weight excluding hydrogens is 338 g/mol. The Bertz CT molecular complexity index is 636. The standard InChI is InChI=1S/C23H33NO3/c1-16(27-15-17-4-3-5-21(11-17)26-2)22(25)24-7-6-23-12-18-8-19(13-23)10-20(9-18)14-23/h3-5,11,16,18-20H,6-10,12-15H2,1-2H3,(H,24,25). The Morgan fingerprint density at radius 1 is 1.19 bits per heavy atom. The number of methoxy groups -OCH3 is 1. The van der Waals surface area contributed by atoms with Crippen LogP contribution in [0.25, 0.3) is 0 Å². The molecule has 4 saturated carbocycles. The van der Waals surface area contributed by atoms with Gasteiger partial charge >= 0.3 is 0 Å². The lowest BCUT2D eigenvalue weighted by Gasteiger charge is -2.57. The highest BCUT2D eigenvalue weighted by Gasteiger charge is 2.50. The Morgan fingerprint density at radius 3 is 2.48 bits per heavy atom. The Balaban J connectivity index is 1.21. The van der Waals surface area contributed by atoms with Crippen LogP contribution < -0.4 is 10.1 Å². The van der Waals surface area contributed by atoms with Gasteiger partial charge in [-0.15, -0.1) is 0 Å². The van der Waals surface area contributed by atoms with Gasteiger partial charge in [-0.1, -0.05) is 12.1 Å². The number of hydrogen-bond donors (Lipinski definition) is 1. The molecule has 0 spiro atoms. The topological polar surface area (TPSA) is 47.6 Å². The van der Waals surface area contributed by atoms with Crippen molar-refractivity contribution in [3.63, 3.8) is 0 Å². The number of ether oxygens (including phenoxy) is 2. The molecule has 0 aliphatic heterocycles. The van der Waals surface area contributed by atoms with Crippen LogP contribution in [0, 0.1) is 23.2 Å². The fourth-order valence-corrected chi connectivity index (χ4v) is 6.25. The largest absolute Gasteiger partial charge is 0.497 e. The van der Waals surface area contributed by atoms with E-state index in [-0.39, 0.29) is 5.91 Å². The summed E-state index contributed by atoms with van der Waals surface area (Å²) in [7, 11) is 1.65. The molecule has 1 amide bonds. The minimum atomic E-state index is -0.437. The smallest absolute Gasteiger partial charge is 0.248 e. The molecule has 4 fully saturated rings. The molecule has 1 aromatic rings. The van der Waals surface area contributed by atoms with Gasteiger partial charge in [0, 0.05) is 6.54 Å². The number of rotatable bonds is 8. The molecule has 0 aromatic heterocycles. The van der Waals surface area contributed by atoms with Gasteiger partial charge in [0.25, 0.3) is 0 Å². The zero-order valence-electron chi connectivity index (χ0n) is 16.7. The Morgan fingerprint density at radius 2 is 1.85 bits per heavy atom. The summed E-state index contributed by atoms with van der Waals surface area (Å²) in [5.41, 5.74) is 1.54. The van der Waals surface area contributed by atoms with Crippen LogP contribution in [0.1, 0.15) is 57.4 Å². The average Bonchev–Trinajstić information content (AvgIpc) is 2.65. The summed E-state index contributed by atoms with van der Waals surface area (Å²) in [4.78, 5) is 12.4. The third kappa shape index (κ3) is 4.31. The maximum atomic E-state index is 12.4. The van der Waals surface area contributed by atoms with Crippen LogP contribution in [0.3, 0.4) is 0 Å². The normalized spacial score (nSPS) is 32.3. The van der Waals surface area contributed by atoms with E-state index in [0.717, 1.165) is 42.0 Å². The zero-order valence-corrected chi connectivity index (χ0v) is 16.7. The fourth-order valence-electron chi connectivity index (χ4n) is 6.25. The van der Waals surface area contributed by atoms with Crippen molar-refractivity contribution in [2.75, 3.05) is 13.7 Å². The molecule has 4 aliphatic carbocycles. The van der Waals surface area contributed by atoms with E-state index in [0.29, 0.717) is 12.0 Å². The van der Waals surface area contributed by atoms with E-state index in [9.17, 15) is 4.79 Å². The number of carbonyl (C=O) groups excluding carboxylic acids is 1. The third-order valence-corrected chi connectivity index (χ3v) is 7.12. The number of carbonyl (C=O) groups is 1. The fraction of sp³-hybridized carbons (Fsp3) is 0.696. The van der Waals surface area contributed by atoms with Crippen LogP contribution in [-0.4, -0.2) is 25.7 Å². The molecule has 1 aromatic carbocycles. The molecule has 5 rings (SSSR count). The predicted molar refractivity (Wildman–Crippen MR) is 105 cm³/mol. The second-order valence-electron chi connectivity index (χ2n) is 9.26. The van der Waals surface area contributed by atoms with Gasteiger partial charge in [-0.2, -0.15) is 0 Å². The van der Waals surface area contributed by atoms with Crippen LogP contribution in [0.4, 0.5) is 0 Å². The Kier molecular flexibility index (Phi) is 5.45. The molecule has 0 saturated heterocycles. The zero-order chi connectivity index (χ0) is 18.9. The predicted octanol–water partition coefficient (Wildman–Crippen LogP) is 4.32. The molecular formula is C23H33NO3. The first-order valence-electron chi connectivity index (χ1n) is 10.6.